The molecule has 0 saturated heterocycles. The van der Waals surface area contributed by atoms with Gasteiger partial charge in [-0.1, -0.05) is 44.2 Å². The minimum Gasteiger partial charge on any atom is -0.0804 e. The summed E-state index contributed by atoms with van der Waals surface area (Å²) >= 11 is 0. The van der Waals surface area contributed by atoms with Crippen molar-refractivity contribution in [2.45, 2.75) is 33.1 Å². The van der Waals surface area contributed by atoms with Crippen molar-refractivity contribution >= 4 is 5.57 Å². The lowest BCUT2D eigenvalue weighted by Gasteiger charge is -2.13. The number of allylic oxidation sites excluding steroid dienone is 2. The van der Waals surface area contributed by atoms with Crippen molar-refractivity contribution in [3.63, 3.8) is 0 Å². The van der Waals surface area contributed by atoms with Crippen LogP contribution in [0.1, 0.15) is 37.8 Å². The average molecular weight is 186 g/mol. The topological polar surface area (TPSA) is 0 Å². The first-order valence-electron chi connectivity index (χ1n) is 5.57. The second kappa shape index (κ2) is 4.00. The molecule has 0 bridgehead atoms. The highest BCUT2D eigenvalue weighted by Gasteiger charge is 2.12. The number of hydrogen-bond acceptors (Lipinski definition) is 0. The lowest BCUT2D eigenvalue weighted by Crippen LogP contribution is -1.96. The molecule has 14 heavy (non-hydrogen) atoms. The summed E-state index contributed by atoms with van der Waals surface area (Å²) in [4.78, 5) is 0. The normalized spacial score (nSPS) is 16.1. The second-order valence-corrected chi connectivity index (χ2v) is 4.36. The van der Waals surface area contributed by atoms with Gasteiger partial charge in [-0.2, -0.15) is 0 Å². The van der Waals surface area contributed by atoms with E-state index in [0.717, 1.165) is 0 Å². The smallest absolute Gasteiger partial charge is 0.0193 e. The van der Waals surface area contributed by atoms with Crippen LogP contribution in [-0.4, -0.2) is 0 Å². The third-order valence-electron chi connectivity index (χ3n) is 2.96. The average Bonchev–Trinajstić information content (AvgIpc) is 2.39. The van der Waals surface area contributed by atoms with E-state index >= 15 is 0 Å². The molecular weight excluding hydrogens is 168 g/mol. The van der Waals surface area contributed by atoms with Gasteiger partial charge in [-0.05, 0) is 41.9 Å². The molecule has 0 amide bonds. The maximum Gasteiger partial charge on any atom is -0.0193 e. The van der Waals surface area contributed by atoms with Crippen molar-refractivity contribution < 1.29 is 0 Å². The SMILES string of the molecule is CC(C)C1=CCCCc2ccccc21. The van der Waals surface area contributed by atoms with Crippen LogP contribution in [0.2, 0.25) is 0 Å². The van der Waals surface area contributed by atoms with Crippen LogP contribution in [0.25, 0.3) is 5.57 Å². The third-order valence-corrected chi connectivity index (χ3v) is 2.96. The quantitative estimate of drug-likeness (QED) is 0.620. The summed E-state index contributed by atoms with van der Waals surface area (Å²) in [5.74, 6) is 0.647. The van der Waals surface area contributed by atoms with E-state index in [1.165, 1.54) is 36.0 Å². The largest absolute Gasteiger partial charge is 0.0804 e. The Bertz CT molecular complexity index is 345. The molecule has 0 heterocycles. The van der Waals surface area contributed by atoms with E-state index in [9.17, 15) is 0 Å². The highest BCUT2D eigenvalue weighted by molar-refractivity contribution is 5.70. The van der Waals surface area contributed by atoms with Gasteiger partial charge in [0.05, 0.1) is 0 Å². The molecule has 0 aromatic heterocycles. The van der Waals surface area contributed by atoms with Crippen LogP contribution in [-0.2, 0) is 6.42 Å². The van der Waals surface area contributed by atoms with Crippen molar-refractivity contribution in [2.75, 3.05) is 0 Å². The van der Waals surface area contributed by atoms with Gasteiger partial charge in [0.2, 0.25) is 0 Å². The molecule has 2 rings (SSSR count). The van der Waals surface area contributed by atoms with Crippen molar-refractivity contribution in [3.05, 3.63) is 41.5 Å². The molecule has 0 heteroatoms. The molecule has 0 saturated carbocycles. The molecule has 1 aliphatic rings. The van der Waals surface area contributed by atoms with Crippen LogP contribution in [0.5, 0.6) is 0 Å². The summed E-state index contributed by atoms with van der Waals surface area (Å²) in [6, 6.07) is 8.85. The number of aryl methyl sites for hydroxylation is 1. The molecule has 74 valence electrons. The summed E-state index contributed by atoms with van der Waals surface area (Å²) in [7, 11) is 0. The third kappa shape index (κ3) is 1.75. The fourth-order valence-corrected chi connectivity index (χ4v) is 2.23. The van der Waals surface area contributed by atoms with E-state index in [2.05, 4.69) is 44.2 Å². The Kier molecular flexibility index (Phi) is 2.72. The fraction of sp³-hybridized carbons (Fsp3) is 0.429. The molecule has 0 unspecified atom stereocenters. The summed E-state index contributed by atoms with van der Waals surface area (Å²) in [6.07, 6.45) is 6.20. The first-order valence-corrected chi connectivity index (χ1v) is 5.57. The first-order chi connectivity index (χ1) is 6.79. The van der Waals surface area contributed by atoms with E-state index in [1.807, 2.05) is 0 Å². The van der Waals surface area contributed by atoms with Crippen LogP contribution in [0.3, 0.4) is 0 Å². The molecule has 0 radical (unpaired) electrons. The van der Waals surface area contributed by atoms with Crippen molar-refractivity contribution in [1.82, 2.24) is 0 Å². The van der Waals surface area contributed by atoms with E-state index < -0.39 is 0 Å². The van der Waals surface area contributed by atoms with Crippen LogP contribution >= 0.6 is 0 Å². The first kappa shape index (κ1) is 9.51. The Morgan fingerprint density at radius 1 is 1.14 bits per heavy atom. The summed E-state index contributed by atoms with van der Waals surface area (Å²) in [5.41, 5.74) is 4.56. The Labute approximate surface area is 86.7 Å². The van der Waals surface area contributed by atoms with Gasteiger partial charge in [0, 0.05) is 0 Å². The minimum absolute atomic E-state index is 0.647. The molecule has 0 aliphatic heterocycles. The van der Waals surface area contributed by atoms with Gasteiger partial charge in [-0.25, -0.2) is 0 Å². The Balaban J connectivity index is 2.48. The lowest BCUT2D eigenvalue weighted by molar-refractivity contribution is 0.842. The van der Waals surface area contributed by atoms with Gasteiger partial charge >= 0.3 is 0 Å². The molecule has 0 spiro atoms. The van der Waals surface area contributed by atoms with Crippen molar-refractivity contribution in [2.24, 2.45) is 5.92 Å². The molecule has 0 N–H and O–H groups in total. The standard InChI is InChI=1S/C14H18/c1-11(2)13-9-5-3-7-12-8-4-6-10-14(12)13/h4,6,8-11H,3,5,7H2,1-2H3. The highest BCUT2D eigenvalue weighted by atomic mass is 14.2. The van der Waals surface area contributed by atoms with Crippen molar-refractivity contribution in [3.8, 4) is 0 Å². The van der Waals surface area contributed by atoms with E-state index in [-0.39, 0.29) is 0 Å². The van der Waals surface area contributed by atoms with Crippen molar-refractivity contribution in [1.29, 1.82) is 0 Å². The second-order valence-electron chi connectivity index (χ2n) is 4.36. The number of benzene rings is 1. The Hall–Kier alpha value is -1.04. The zero-order valence-electron chi connectivity index (χ0n) is 9.09. The van der Waals surface area contributed by atoms with E-state index in [4.69, 9.17) is 0 Å². The van der Waals surface area contributed by atoms with Gasteiger partial charge in [0.25, 0.3) is 0 Å². The molecule has 0 atom stereocenters. The van der Waals surface area contributed by atoms with Crippen LogP contribution in [0.4, 0.5) is 0 Å². The van der Waals surface area contributed by atoms with Gasteiger partial charge < -0.3 is 0 Å². The highest BCUT2D eigenvalue weighted by Crippen LogP contribution is 2.30. The number of fused-ring (bicyclic) bond motifs is 1. The van der Waals surface area contributed by atoms with Crippen LogP contribution < -0.4 is 0 Å². The maximum absolute atomic E-state index is 2.43. The predicted octanol–water partition coefficient (Wildman–Crippen LogP) is 4.06. The zero-order valence-corrected chi connectivity index (χ0v) is 9.09. The van der Waals surface area contributed by atoms with E-state index in [1.54, 1.807) is 0 Å². The summed E-state index contributed by atoms with van der Waals surface area (Å²) in [5, 5.41) is 0. The van der Waals surface area contributed by atoms with Crippen LogP contribution in [0.15, 0.2) is 30.3 Å². The fourth-order valence-electron chi connectivity index (χ4n) is 2.23. The molecule has 1 aromatic carbocycles. The molecule has 0 fully saturated rings. The Morgan fingerprint density at radius 3 is 2.71 bits per heavy atom. The monoisotopic (exact) mass is 186 g/mol. The van der Waals surface area contributed by atoms with Gasteiger partial charge in [0.15, 0.2) is 0 Å². The zero-order chi connectivity index (χ0) is 9.97. The van der Waals surface area contributed by atoms with E-state index in [0.29, 0.717) is 5.92 Å². The molecular formula is C14H18. The van der Waals surface area contributed by atoms with Crippen LogP contribution in [0, 0.1) is 5.92 Å². The Morgan fingerprint density at radius 2 is 1.93 bits per heavy atom. The minimum atomic E-state index is 0.647. The van der Waals surface area contributed by atoms with Gasteiger partial charge in [-0.3, -0.25) is 0 Å². The number of hydrogen-bond donors (Lipinski definition) is 0. The predicted molar refractivity (Wildman–Crippen MR) is 62.2 cm³/mol. The van der Waals surface area contributed by atoms with Gasteiger partial charge in [-0.15, -0.1) is 0 Å². The summed E-state index contributed by atoms with van der Waals surface area (Å²) in [6.45, 7) is 4.57. The molecule has 0 nitrogen and oxygen atoms in total. The maximum atomic E-state index is 2.43. The lowest BCUT2D eigenvalue weighted by atomic mass is 9.92. The van der Waals surface area contributed by atoms with Gasteiger partial charge in [0.1, 0.15) is 0 Å². The summed E-state index contributed by atoms with van der Waals surface area (Å²) < 4.78 is 0. The number of rotatable bonds is 1. The molecule has 1 aromatic rings. The molecule has 1 aliphatic carbocycles.